The van der Waals surface area contributed by atoms with Gasteiger partial charge in [-0.1, -0.05) is 18.2 Å². The first-order valence-electron chi connectivity index (χ1n) is 8.86. The molecule has 1 aromatic carbocycles. The molecular weight excluding hydrogens is 386 g/mol. The van der Waals surface area contributed by atoms with Crippen LogP contribution in [0.5, 0.6) is 0 Å². The quantitative estimate of drug-likeness (QED) is 0.488. The summed E-state index contributed by atoms with van der Waals surface area (Å²) in [5, 5.41) is 13.0. The minimum absolute atomic E-state index is 0.298. The van der Waals surface area contributed by atoms with Crippen LogP contribution in [0.2, 0.25) is 0 Å². The van der Waals surface area contributed by atoms with Crippen molar-refractivity contribution in [3.05, 3.63) is 35.9 Å². The normalized spacial score (nSPS) is 26.1. The smallest absolute Gasteiger partial charge is 0.303 e. The van der Waals surface area contributed by atoms with Gasteiger partial charge >= 0.3 is 17.9 Å². The first-order valence-corrected chi connectivity index (χ1v) is 8.86. The number of aliphatic hydroxyl groups excluding tert-OH is 1. The lowest BCUT2D eigenvalue weighted by molar-refractivity contribution is -0.263. The van der Waals surface area contributed by atoms with Crippen LogP contribution in [0, 0.1) is 0 Å². The van der Waals surface area contributed by atoms with Crippen molar-refractivity contribution in [1.29, 1.82) is 0 Å². The highest BCUT2D eigenvalue weighted by Gasteiger charge is 2.50. The molecule has 0 radical (unpaired) electrons. The number of ether oxygens (including phenoxy) is 4. The maximum Gasteiger partial charge on any atom is 0.303 e. The maximum atomic E-state index is 12.5. The first-order chi connectivity index (χ1) is 13.7. The zero-order chi connectivity index (χ0) is 21.6. The molecule has 10 nitrogen and oxygen atoms in total. The molecule has 1 aliphatic rings. The number of benzene rings is 1. The molecule has 1 amide bonds. The van der Waals surface area contributed by atoms with E-state index in [1.165, 1.54) is 6.92 Å². The Morgan fingerprint density at radius 3 is 2.10 bits per heavy atom. The fourth-order valence-electron chi connectivity index (χ4n) is 2.90. The lowest BCUT2D eigenvalue weighted by atomic mass is 9.96. The fourth-order valence-corrected chi connectivity index (χ4v) is 2.90. The molecule has 1 aromatic rings. The Balaban J connectivity index is 2.30. The Kier molecular flexibility index (Phi) is 7.68. The molecule has 10 heteroatoms. The number of amides is 1. The van der Waals surface area contributed by atoms with Crippen LogP contribution in [-0.2, 0) is 33.3 Å². The van der Waals surface area contributed by atoms with Gasteiger partial charge in [0.15, 0.2) is 18.5 Å². The summed E-state index contributed by atoms with van der Waals surface area (Å²) < 4.78 is 20.8. The molecule has 29 heavy (non-hydrogen) atoms. The van der Waals surface area contributed by atoms with E-state index in [1.807, 2.05) is 0 Å². The third-order valence-electron chi connectivity index (χ3n) is 4.05. The lowest BCUT2D eigenvalue weighted by Gasteiger charge is -2.43. The van der Waals surface area contributed by atoms with Gasteiger partial charge in [0.1, 0.15) is 18.8 Å². The average Bonchev–Trinajstić information content (AvgIpc) is 2.65. The summed E-state index contributed by atoms with van der Waals surface area (Å²) in [6.07, 6.45) is -5.26. The van der Waals surface area contributed by atoms with Crippen LogP contribution in [0.15, 0.2) is 30.3 Å². The van der Waals surface area contributed by atoms with E-state index >= 15 is 0 Å². The SMILES string of the molecule is CC(=O)OC[C@H]1OC(O)[C@H](NC(=O)c2ccccc2)[C@@H](OC(C)=O)[C@@H]1OC(C)=O. The highest BCUT2D eigenvalue weighted by Crippen LogP contribution is 2.26. The van der Waals surface area contributed by atoms with Crippen LogP contribution >= 0.6 is 0 Å². The summed E-state index contributed by atoms with van der Waals surface area (Å²) in [5.74, 6) is -2.62. The average molecular weight is 409 g/mol. The van der Waals surface area contributed by atoms with Gasteiger partial charge in [-0.2, -0.15) is 0 Å². The van der Waals surface area contributed by atoms with Crippen molar-refractivity contribution in [3.63, 3.8) is 0 Å². The number of nitrogens with one attached hydrogen (secondary N) is 1. The molecule has 2 N–H and O–H groups in total. The van der Waals surface area contributed by atoms with Crippen LogP contribution in [-0.4, -0.2) is 66.2 Å². The maximum absolute atomic E-state index is 12.5. The summed E-state index contributed by atoms with van der Waals surface area (Å²) >= 11 is 0. The number of aliphatic hydroxyl groups is 1. The van der Waals surface area contributed by atoms with Gasteiger partial charge in [0.05, 0.1) is 0 Å². The topological polar surface area (TPSA) is 137 Å². The fraction of sp³-hybridized carbons (Fsp3) is 0.474. The Bertz CT molecular complexity index is 751. The first kappa shape index (κ1) is 22.3. The van der Waals surface area contributed by atoms with E-state index in [2.05, 4.69) is 5.32 Å². The second kappa shape index (κ2) is 9.99. The van der Waals surface area contributed by atoms with Gasteiger partial charge in [-0.25, -0.2) is 0 Å². The number of carbonyl (C=O) groups is 4. The Hall–Kier alpha value is -2.98. The standard InChI is InChI=1S/C19H23NO9/c1-10(21)26-9-14-16(27-11(2)22)17(28-12(3)23)15(19(25)29-14)20-18(24)13-7-5-4-6-8-13/h4-8,14-17,19,25H,9H2,1-3H3,(H,20,24)/t14-,15-,16-,17-,19?/m1/s1. The predicted octanol–water partition coefficient (Wildman–Crippen LogP) is -0.0713. The Morgan fingerprint density at radius 1 is 0.966 bits per heavy atom. The summed E-state index contributed by atoms with van der Waals surface area (Å²) in [6.45, 7) is 3.08. The summed E-state index contributed by atoms with van der Waals surface area (Å²) in [6, 6.07) is 6.91. The minimum atomic E-state index is -1.63. The predicted molar refractivity (Wildman–Crippen MR) is 96.3 cm³/mol. The Morgan fingerprint density at radius 2 is 1.55 bits per heavy atom. The molecule has 0 saturated carbocycles. The zero-order valence-corrected chi connectivity index (χ0v) is 16.2. The third kappa shape index (κ3) is 6.26. The molecule has 2 rings (SSSR count). The third-order valence-corrected chi connectivity index (χ3v) is 4.05. The van der Waals surface area contributed by atoms with Crippen molar-refractivity contribution in [1.82, 2.24) is 5.32 Å². The minimum Gasteiger partial charge on any atom is -0.463 e. The van der Waals surface area contributed by atoms with Gasteiger partial charge in [0.2, 0.25) is 0 Å². The summed E-state index contributed by atoms with van der Waals surface area (Å²) in [4.78, 5) is 46.9. The van der Waals surface area contributed by atoms with Gasteiger partial charge in [0, 0.05) is 26.3 Å². The van der Waals surface area contributed by atoms with E-state index < -0.39 is 54.5 Å². The molecule has 0 bridgehead atoms. The number of hydrogen-bond donors (Lipinski definition) is 2. The summed E-state index contributed by atoms with van der Waals surface area (Å²) in [7, 11) is 0. The van der Waals surface area contributed by atoms with Crippen molar-refractivity contribution in [2.75, 3.05) is 6.61 Å². The molecule has 1 aliphatic heterocycles. The molecule has 1 unspecified atom stereocenters. The Labute approximate surface area is 167 Å². The van der Waals surface area contributed by atoms with E-state index in [4.69, 9.17) is 18.9 Å². The number of hydrogen-bond acceptors (Lipinski definition) is 9. The molecule has 0 spiro atoms. The van der Waals surface area contributed by atoms with Crippen LogP contribution < -0.4 is 5.32 Å². The van der Waals surface area contributed by atoms with Gasteiger partial charge in [-0.05, 0) is 12.1 Å². The van der Waals surface area contributed by atoms with E-state index in [1.54, 1.807) is 30.3 Å². The molecule has 1 fully saturated rings. The second-order valence-electron chi connectivity index (χ2n) is 6.38. The van der Waals surface area contributed by atoms with Crippen LogP contribution in [0.25, 0.3) is 0 Å². The van der Waals surface area contributed by atoms with Crippen molar-refractivity contribution >= 4 is 23.8 Å². The number of carbonyl (C=O) groups excluding carboxylic acids is 4. The van der Waals surface area contributed by atoms with Crippen LogP contribution in [0.4, 0.5) is 0 Å². The van der Waals surface area contributed by atoms with E-state index in [9.17, 15) is 24.3 Å². The highest BCUT2D eigenvalue weighted by atomic mass is 16.7. The van der Waals surface area contributed by atoms with E-state index in [0.29, 0.717) is 5.56 Å². The van der Waals surface area contributed by atoms with Crippen molar-refractivity contribution in [3.8, 4) is 0 Å². The lowest BCUT2D eigenvalue weighted by Crippen LogP contribution is -2.66. The van der Waals surface area contributed by atoms with Crippen LogP contribution in [0.1, 0.15) is 31.1 Å². The van der Waals surface area contributed by atoms with Crippen molar-refractivity contribution in [2.45, 2.75) is 51.4 Å². The molecule has 0 aliphatic carbocycles. The van der Waals surface area contributed by atoms with Crippen LogP contribution in [0.3, 0.4) is 0 Å². The molecule has 0 aromatic heterocycles. The molecule has 1 saturated heterocycles. The molecule has 5 atom stereocenters. The molecule has 158 valence electrons. The van der Waals surface area contributed by atoms with Gasteiger partial charge in [0.25, 0.3) is 5.91 Å². The van der Waals surface area contributed by atoms with Crippen molar-refractivity contribution in [2.24, 2.45) is 0 Å². The second-order valence-corrected chi connectivity index (χ2v) is 6.38. The molecular formula is C19H23NO9. The van der Waals surface area contributed by atoms with Gasteiger partial charge in [-0.3, -0.25) is 19.2 Å². The highest BCUT2D eigenvalue weighted by molar-refractivity contribution is 5.94. The summed E-state index contributed by atoms with van der Waals surface area (Å²) in [5.41, 5.74) is 0.298. The van der Waals surface area contributed by atoms with E-state index in [-0.39, 0.29) is 6.61 Å². The monoisotopic (exact) mass is 409 g/mol. The van der Waals surface area contributed by atoms with Crippen molar-refractivity contribution < 1.29 is 43.2 Å². The van der Waals surface area contributed by atoms with Gasteiger partial charge < -0.3 is 29.4 Å². The number of esters is 3. The largest absolute Gasteiger partial charge is 0.463 e. The number of rotatable bonds is 6. The van der Waals surface area contributed by atoms with Gasteiger partial charge in [-0.15, -0.1) is 0 Å². The van der Waals surface area contributed by atoms with E-state index in [0.717, 1.165) is 13.8 Å². The zero-order valence-electron chi connectivity index (χ0n) is 16.2. The molecule has 1 heterocycles.